The highest BCUT2D eigenvalue weighted by Crippen LogP contribution is 2.65. The van der Waals surface area contributed by atoms with Crippen molar-refractivity contribution >= 4 is 69.6 Å². The van der Waals surface area contributed by atoms with Crippen molar-refractivity contribution in [3.63, 3.8) is 0 Å². The maximum absolute atomic E-state index is 15.0. The van der Waals surface area contributed by atoms with Crippen molar-refractivity contribution in [3.8, 4) is 0 Å². The Balaban J connectivity index is 1.51. The van der Waals surface area contributed by atoms with Crippen molar-refractivity contribution in [2.24, 2.45) is 5.92 Å². The van der Waals surface area contributed by atoms with Crippen LogP contribution >= 0.6 is 34.8 Å². The van der Waals surface area contributed by atoms with Gasteiger partial charge in [-0.3, -0.25) is 14.4 Å². The molecular formula is C28H18Cl3F8N3O4. The highest BCUT2D eigenvalue weighted by Gasteiger charge is 2.67. The maximum Gasteiger partial charge on any atom is 0.419 e. The number of carbonyl (C=O) groups is 3. The fraction of sp³-hybridized carbons (Fsp3) is 0.250. The number of anilines is 3. The van der Waals surface area contributed by atoms with Crippen molar-refractivity contribution in [3.05, 3.63) is 87.7 Å². The monoisotopic (exact) mass is 717 g/mol. The van der Waals surface area contributed by atoms with E-state index in [2.05, 4.69) is 15.4 Å². The van der Waals surface area contributed by atoms with Crippen LogP contribution in [0, 0.1) is 23.4 Å². The van der Waals surface area contributed by atoms with Gasteiger partial charge in [-0.25, -0.2) is 13.2 Å². The van der Waals surface area contributed by atoms with E-state index in [1.807, 2.05) is 0 Å². The molecule has 1 unspecified atom stereocenters. The predicted molar refractivity (Wildman–Crippen MR) is 152 cm³/mol. The lowest BCUT2D eigenvalue weighted by atomic mass is 10.0. The number of benzene rings is 3. The van der Waals surface area contributed by atoms with E-state index in [0.29, 0.717) is 18.2 Å². The van der Waals surface area contributed by atoms with E-state index in [4.69, 9.17) is 34.8 Å². The van der Waals surface area contributed by atoms with Gasteiger partial charge in [0.05, 0.1) is 27.8 Å². The number of ether oxygens (including phenoxy) is 1. The molecule has 0 aromatic heterocycles. The lowest BCUT2D eigenvalue weighted by molar-refractivity contribution is -0.168. The van der Waals surface area contributed by atoms with Crippen molar-refractivity contribution in [1.29, 1.82) is 0 Å². The van der Waals surface area contributed by atoms with Crippen LogP contribution in [0.25, 0.3) is 0 Å². The first kappa shape index (κ1) is 35.2. The minimum atomic E-state index is -5.02. The summed E-state index contributed by atoms with van der Waals surface area (Å²) in [6.45, 7) is -2.43. The Kier molecular flexibility index (Phi) is 10.1. The molecule has 7 nitrogen and oxygen atoms in total. The van der Waals surface area contributed by atoms with Crippen LogP contribution in [-0.4, -0.2) is 34.8 Å². The van der Waals surface area contributed by atoms with Crippen LogP contribution in [0.1, 0.15) is 34.3 Å². The van der Waals surface area contributed by atoms with Crippen molar-refractivity contribution in [2.75, 3.05) is 16.0 Å². The zero-order valence-corrected chi connectivity index (χ0v) is 25.0. The van der Waals surface area contributed by atoms with Crippen LogP contribution in [0.5, 0.6) is 0 Å². The summed E-state index contributed by atoms with van der Waals surface area (Å²) in [5.41, 5.74) is -3.89. The average molecular weight is 719 g/mol. The zero-order chi connectivity index (χ0) is 34.3. The van der Waals surface area contributed by atoms with Crippen molar-refractivity contribution in [1.82, 2.24) is 0 Å². The van der Waals surface area contributed by atoms with Crippen LogP contribution in [0.3, 0.4) is 0 Å². The lowest BCUT2D eigenvalue weighted by Crippen LogP contribution is -2.30. The molecule has 246 valence electrons. The molecule has 3 N–H and O–H groups in total. The third-order valence-electron chi connectivity index (χ3n) is 6.73. The van der Waals surface area contributed by atoms with Gasteiger partial charge in [-0.1, -0.05) is 17.7 Å². The Labute approximate surface area is 269 Å². The fourth-order valence-corrected chi connectivity index (χ4v) is 5.44. The van der Waals surface area contributed by atoms with Crippen LogP contribution in [-0.2, 0) is 20.5 Å². The summed E-state index contributed by atoms with van der Waals surface area (Å²) >= 11 is 18.5. The first-order chi connectivity index (χ1) is 21.3. The van der Waals surface area contributed by atoms with Gasteiger partial charge in [-0.05, 0) is 55.0 Å². The van der Waals surface area contributed by atoms with E-state index in [0.717, 1.165) is 31.2 Å². The van der Waals surface area contributed by atoms with Crippen molar-refractivity contribution in [2.45, 2.75) is 36.1 Å². The molecule has 0 bridgehead atoms. The number of hydrogen-bond donors (Lipinski definition) is 3. The van der Waals surface area contributed by atoms with Gasteiger partial charge < -0.3 is 20.7 Å². The Hall–Kier alpha value is -3.66. The minimum absolute atomic E-state index is 0.0787. The van der Waals surface area contributed by atoms with E-state index in [-0.39, 0.29) is 21.8 Å². The summed E-state index contributed by atoms with van der Waals surface area (Å²) in [6, 6.07) is 7.00. The molecule has 4 rings (SSSR count). The highest BCUT2D eigenvalue weighted by atomic mass is 35.5. The molecule has 3 aromatic carbocycles. The molecule has 0 saturated heterocycles. The molecule has 46 heavy (non-hydrogen) atoms. The van der Waals surface area contributed by atoms with E-state index in [1.54, 1.807) is 5.32 Å². The van der Waals surface area contributed by atoms with Crippen LogP contribution in [0.2, 0.25) is 5.02 Å². The van der Waals surface area contributed by atoms with Gasteiger partial charge in [-0.2, -0.15) is 22.0 Å². The second-order valence-electron chi connectivity index (χ2n) is 9.82. The second-order valence-corrected chi connectivity index (χ2v) is 11.7. The first-order valence-corrected chi connectivity index (χ1v) is 13.8. The standard InChI is InChI=1S/C28H18Cl3F8N3O4/c1-10(46-26(35)36)23(43)42-22-17(33)6-7-18(21(22)34)41-24(44)13-9-12(3-4-15(13)29)40-25(45)20-19(27(20,30)31)11-2-5-16(32)14(8-11)28(37,38)39/h2-10,19-20,26H,1H3,(H,40,45)(H,41,44)(H,42,43)/t10?,19-,20+/m0/s1. The van der Waals surface area contributed by atoms with Gasteiger partial charge in [0.25, 0.3) is 11.8 Å². The molecule has 1 fully saturated rings. The number of halogens is 11. The predicted octanol–water partition coefficient (Wildman–Crippen LogP) is 8.12. The highest BCUT2D eigenvalue weighted by molar-refractivity contribution is 6.53. The Morgan fingerprint density at radius 3 is 2.20 bits per heavy atom. The molecule has 0 spiro atoms. The molecule has 0 aliphatic heterocycles. The summed E-state index contributed by atoms with van der Waals surface area (Å²) in [7, 11) is 0. The van der Waals surface area contributed by atoms with E-state index >= 15 is 4.39 Å². The van der Waals surface area contributed by atoms with Gasteiger partial charge in [0.2, 0.25) is 5.91 Å². The summed E-state index contributed by atoms with van der Waals surface area (Å²) in [6.07, 6.45) is -6.82. The topological polar surface area (TPSA) is 96.5 Å². The van der Waals surface area contributed by atoms with Gasteiger partial charge >= 0.3 is 12.8 Å². The number of amides is 3. The smallest absolute Gasteiger partial charge is 0.326 e. The van der Waals surface area contributed by atoms with Crippen LogP contribution in [0.4, 0.5) is 52.2 Å². The third-order valence-corrected chi connectivity index (χ3v) is 8.00. The van der Waals surface area contributed by atoms with Gasteiger partial charge in [0, 0.05) is 11.6 Å². The molecule has 0 heterocycles. The molecule has 18 heteroatoms. The molecule has 3 amide bonds. The normalized spacial score (nSPS) is 17.8. The number of carbonyl (C=O) groups excluding carboxylic acids is 3. The molecule has 1 saturated carbocycles. The SMILES string of the molecule is CC(OC(F)F)C(=O)Nc1c(F)ccc(NC(=O)c2cc(NC(=O)[C@H]3[C@H](c4ccc(F)c(C(F)(F)F)c4)C3(Cl)Cl)ccc2Cl)c1F. The summed E-state index contributed by atoms with van der Waals surface area (Å²) in [4.78, 5) is 38.0. The van der Waals surface area contributed by atoms with Gasteiger partial charge in [0.15, 0.2) is 5.82 Å². The summed E-state index contributed by atoms with van der Waals surface area (Å²) < 4.78 is 109. The Bertz CT molecular complexity index is 1710. The molecule has 3 aromatic rings. The van der Waals surface area contributed by atoms with Crippen molar-refractivity contribution < 1.29 is 54.2 Å². The molecule has 3 atom stereocenters. The summed E-state index contributed by atoms with van der Waals surface area (Å²) in [5, 5.41) is 6.06. The molecular weight excluding hydrogens is 701 g/mol. The number of rotatable bonds is 9. The van der Waals surface area contributed by atoms with Gasteiger partial charge in [0.1, 0.15) is 27.8 Å². The first-order valence-electron chi connectivity index (χ1n) is 12.7. The molecule has 1 aliphatic rings. The third kappa shape index (κ3) is 7.48. The summed E-state index contributed by atoms with van der Waals surface area (Å²) in [5.74, 6) is -10.1. The number of alkyl halides is 7. The Morgan fingerprint density at radius 2 is 1.57 bits per heavy atom. The number of nitrogens with one attached hydrogen (secondary N) is 3. The van der Waals surface area contributed by atoms with Gasteiger partial charge in [-0.15, -0.1) is 23.2 Å². The molecule has 1 aliphatic carbocycles. The average Bonchev–Trinajstić information content (AvgIpc) is 3.54. The quantitative estimate of drug-likeness (QED) is 0.154. The maximum atomic E-state index is 15.0. The number of hydrogen-bond acceptors (Lipinski definition) is 4. The zero-order valence-electron chi connectivity index (χ0n) is 22.7. The van der Waals surface area contributed by atoms with E-state index < -0.39 is 87.2 Å². The lowest BCUT2D eigenvalue weighted by Gasteiger charge is -2.15. The van der Waals surface area contributed by atoms with E-state index in [9.17, 15) is 45.1 Å². The fourth-order valence-electron chi connectivity index (χ4n) is 4.41. The Morgan fingerprint density at radius 1 is 0.913 bits per heavy atom. The molecule has 0 radical (unpaired) electrons. The van der Waals surface area contributed by atoms with E-state index in [1.165, 1.54) is 6.07 Å². The van der Waals surface area contributed by atoms with Crippen LogP contribution < -0.4 is 16.0 Å². The second kappa shape index (κ2) is 13.2. The largest absolute Gasteiger partial charge is 0.419 e. The van der Waals surface area contributed by atoms with Crippen LogP contribution in [0.15, 0.2) is 48.5 Å². The minimum Gasteiger partial charge on any atom is -0.326 e.